The molecule has 0 saturated heterocycles. The van der Waals surface area contributed by atoms with E-state index in [1.54, 1.807) is 12.3 Å². The molecule has 0 aromatic heterocycles. The molecule has 0 aromatic rings. The zero-order chi connectivity index (χ0) is 7.23. The van der Waals surface area contributed by atoms with Crippen LogP contribution in [0.5, 0.6) is 0 Å². The summed E-state index contributed by atoms with van der Waals surface area (Å²) >= 11 is 0. The van der Waals surface area contributed by atoms with Gasteiger partial charge in [0.1, 0.15) is 0 Å². The first-order valence-corrected chi connectivity index (χ1v) is 3.17. The molecule has 0 aromatic carbocycles. The van der Waals surface area contributed by atoms with Crippen LogP contribution < -0.4 is 5.32 Å². The molecule has 0 unspecified atom stereocenters. The average molecular weight is 135 g/mol. The summed E-state index contributed by atoms with van der Waals surface area (Å²) in [6, 6.07) is 0. The van der Waals surface area contributed by atoms with Gasteiger partial charge in [-0.1, -0.05) is 18.2 Å². The number of carbonyl (C=O) groups is 1. The van der Waals surface area contributed by atoms with E-state index in [9.17, 15) is 4.79 Å². The minimum atomic E-state index is 0.0130. The van der Waals surface area contributed by atoms with Gasteiger partial charge < -0.3 is 5.32 Å². The van der Waals surface area contributed by atoms with Gasteiger partial charge in [-0.2, -0.15) is 0 Å². The average Bonchev–Trinajstić information content (AvgIpc) is 2.02. The predicted molar refractivity (Wildman–Crippen MR) is 40.4 cm³/mol. The third-order valence-electron chi connectivity index (χ3n) is 1.11. The molecular weight excluding hydrogens is 126 g/mol. The standard InChI is InChI=1S/C8H9NO/c10-8-4-2-1-3-6-9-7-5-8/h1-5,7,9H,6H2/b3-1-,4-2-,7-5-. The fourth-order valence-corrected chi connectivity index (χ4v) is 0.630. The van der Waals surface area contributed by atoms with Gasteiger partial charge in [-0.05, 0) is 6.08 Å². The second-order valence-electron chi connectivity index (χ2n) is 1.93. The largest absolute Gasteiger partial charge is 0.387 e. The van der Waals surface area contributed by atoms with Gasteiger partial charge in [0, 0.05) is 18.8 Å². The predicted octanol–water partition coefficient (Wildman–Crippen LogP) is 0.785. The van der Waals surface area contributed by atoms with Gasteiger partial charge in [0.15, 0.2) is 5.78 Å². The van der Waals surface area contributed by atoms with Crippen molar-refractivity contribution in [3.8, 4) is 0 Å². The summed E-state index contributed by atoms with van der Waals surface area (Å²) in [6.45, 7) is 0.772. The molecule has 0 radical (unpaired) electrons. The second-order valence-corrected chi connectivity index (χ2v) is 1.93. The lowest BCUT2D eigenvalue weighted by Crippen LogP contribution is -2.03. The van der Waals surface area contributed by atoms with Crippen LogP contribution in [0.4, 0.5) is 0 Å². The quantitative estimate of drug-likeness (QED) is 0.532. The fourth-order valence-electron chi connectivity index (χ4n) is 0.630. The van der Waals surface area contributed by atoms with Crippen LogP contribution in [0.15, 0.2) is 36.6 Å². The van der Waals surface area contributed by atoms with Crippen molar-refractivity contribution in [3.05, 3.63) is 36.6 Å². The number of hydrogen-bond donors (Lipinski definition) is 1. The third kappa shape index (κ3) is 2.31. The van der Waals surface area contributed by atoms with Crippen LogP contribution in [-0.4, -0.2) is 12.3 Å². The van der Waals surface area contributed by atoms with Crippen molar-refractivity contribution in [2.45, 2.75) is 0 Å². The number of ketones is 1. The van der Waals surface area contributed by atoms with E-state index in [0.717, 1.165) is 6.54 Å². The Morgan fingerprint density at radius 2 is 2.20 bits per heavy atom. The summed E-state index contributed by atoms with van der Waals surface area (Å²) in [5.41, 5.74) is 0. The maximum absolute atomic E-state index is 10.7. The van der Waals surface area contributed by atoms with E-state index in [1.807, 2.05) is 12.2 Å². The van der Waals surface area contributed by atoms with Gasteiger partial charge in [-0.25, -0.2) is 0 Å². The lowest BCUT2D eigenvalue weighted by atomic mass is 10.3. The van der Waals surface area contributed by atoms with Gasteiger partial charge in [0.05, 0.1) is 0 Å². The SMILES string of the molecule is O=C1/C=C\C=C/CN/C=C\1. The van der Waals surface area contributed by atoms with Crippen molar-refractivity contribution >= 4 is 5.78 Å². The zero-order valence-electron chi connectivity index (χ0n) is 5.58. The van der Waals surface area contributed by atoms with E-state index < -0.39 is 0 Å². The van der Waals surface area contributed by atoms with E-state index in [-0.39, 0.29) is 5.78 Å². The Labute approximate surface area is 59.9 Å². The summed E-state index contributed by atoms with van der Waals surface area (Å²) < 4.78 is 0. The molecule has 0 saturated carbocycles. The molecule has 1 heterocycles. The first kappa shape index (κ1) is 6.81. The van der Waals surface area contributed by atoms with Crippen LogP contribution in [0.1, 0.15) is 0 Å². The highest BCUT2D eigenvalue weighted by Crippen LogP contribution is 1.84. The molecule has 1 aliphatic rings. The van der Waals surface area contributed by atoms with E-state index in [4.69, 9.17) is 0 Å². The van der Waals surface area contributed by atoms with E-state index in [2.05, 4.69) is 5.32 Å². The molecule has 10 heavy (non-hydrogen) atoms. The van der Waals surface area contributed by atoms with Crippen LogP contribution in [0.2, 0.25) is 0 Å². The normalized spacial score (nSPS) is 27.0. The van der Waals surface area contributed by atoms with Crippen molar-refractivity contribution in [2.24, 2.45) is 0 Å². The monoisotopic (exact) mass is 135 g/mol. The first-order valence-electron chi connectivity index (χ1n) is 3.17. The number of allylic oxidation sites excluding steroid dienone is 4. The van der Waals surface area contributed by atoms with Gasteiger partial charge in [0.25, 0.3) is 0 Å². The Bertz CT molecular complexity index is 201. The molecule has 0 atom stereocenters. The van der Waals surface area contributed by atoms with Crippen molar-refractivity contribution in [1.29, 1.82) is 0 Å². The summed E-state index contributed by atoms with van der Waals surface area (Å²) in [6.07, 6.45) is 10.2. The molecule has 1 N–H and O–H groups in total. The third-order valence-corrected chi connectivity index (χ3v) is 1.11. The summed E-state index contributed by atoms with van der Waals surface area (Å²) in [5, 5.41) is 2.93. The second kappa shape index (κ2) is 3.67. The molecule has 2 nitrogen and oxygen atoms in total. The van der Waals surface area contributed by atoms with Crippen molar-refractivity contribution < 1.29 is 4.79 Å². The summed E-state index contributed by atoms with van der Waals surface area (Å²) in [7, 11) is 0. The Morgan fingerprint density at radius 1 is 1.30 bits per heavy atom. The molecule has 2 heteroatoms. The minimum absolute atomic E-state index is 0.0130. The number of carbonyl (C=O) groups excluding carboxylic acids is 1. The Morgan fingerprint density at radius 3 is 3.10 bits per heavy atom. The van der Waals surface area contributed by atoms with Crippen molar-refractivity contribution in [1.82, 2.24) is 5.32 Å². The molecule has 0 spiro atoms. The van der Waals surface area contributed by atoms with Crippen LogP contribution in [0.3, 0.4) is 0 Å². The lowest BCUT2D eigenvalue weighted by Gasteiger charge is -1.88. The first-order chi connectivity index (χ1) is 4.89. The smallest absolute Gasteiger partial charge is 0.180 e. The summed E-state index contributed by atoms with van der Waals surface area (Å²) in [4.78, 5) is 10.7. The molecule has 0 aliphatic carbocycles. The lowest BCUT2D eigenvalue weighted by molar-refractivity contribution is -0.110. The van der Waals surface area contributed by atoms with Gasteiger partial charge in [0.2, 0.25) is 0 Å². The van der Waals surface area contributed by atoms with Crippen LogP contribution in [-0.2, 0) is 4.79 Å². The number of rotatable bonds is 0. The van der Waals surface area contributed by atoms with Gasteiger partial charge in [-0.15, -0.1) is 0 Å². The molecule has 1 aliphatic heterocycles. The molecule has 0 fully saturated rings. The molecule has 1 rings (SSSR count). The highest BCUT2D eigenvalue weighted by molar-refractivity contribution is 5.99. The van der Waals surface area contributed by atoms with E-state index >= 15 is 0 Å². The number of nitrogens with one attached hydrogen (secondary N) is 1. The highest BCUT2D eigenvalue weighted by atomic mass is 16.1. The molecular formula is C8H9NO. The van der Waals surface area contributed by atoms with E-state index in [1.165, 1.54) is 12.2 Å². The molecule has 0 amide bonds. The maximum Gasteiger partial charge on any atom is 0.180 e. The Balaban J connectivity index is 2.64. The Hall–Kier alpha value is -1.31. The maximum atomic E-state index is 10.7. The van der Waals surface area contributed by atoms with Crippen LogP contribution in [0, 0.1) is 0 Å². The molecule has 0 bridgehead atoms. The van der Waals surface area contributed by atoms with Crippen LogP contribution in [0.25, 0.3) is 0 Å². The zero-order valence-corrected chi connectivity index (χ0v) is 5.58. The van der Waals surface area contributed by atoms with Crippen molar-refractivity contribution in [2.75, 3.05) is 6.54 Å². The number of hydrogen-bond acceptors (Lipinski definition) is 2. The fraction of sp³-hybridized carbons (Fsp3) is 0.125. The topological polar surface area (TPSA) is 29.1 Å². The minimum Gasteiger partial charge on any atom is -0.387 e. The summed E-state index contributed by atoms with van der Waals surface area (Å²) in [5.74, 6) is 0.0130. The molecule has 52 valence electrons. The van der Waals surface area contributed by atoms with Gasteiger partial charge >= 0.3 is 0 Å². The van der Waals surface area contributed by atoms with Crippen molar-refractivity contribution in [3.63, 3.8) is 0 Å². The van der Waals surface area contributed by atoms with Gasteiger partial charge in [-0.3, -0.25) is 4.79 Å². The van der Waals surface area contributed by atoms with Crippen LogP contribution >= 0.6 is 0 Å². The van der Waals surface area contributed by atoms with E-state index in [0.29, 0.717) is 0 Å². The highest BCUT2D eigenvalue weighted by Gasteiger charge is 1.86. The Kier molecular flexibility index (Phi) is 2.49.